The van der Waals surface area contributed by atoms with Gasteiger partial charge in [-0.3, -0.25) is 4.79 Å². The molecule has 0 unspecified atom stereocenters. The highest BCUT2D eigenvalue weighted by atomic mass is 16.5. The Morgan fingerprint density at radius 1 is 1.05 bits per heavy atom. The second-order valence-electron chi connectivity index (χ2n) is 4.42. The third-order valence-electron chi connectivity index (χ3n) is 2.86. The van der Waals surface area contributed by atoms with Crippen LogP contribution >= 0.6 is 0 Å². The number of rotatable bonds is 6. The number of amides is 1. The zero-order valence-electron chi connectivity index (χ0n) is 11.2. The van der Waals surface area contributed by atoms with Gasteiger partial charge < -0.3 is 15.8 Å². The second-order valence-corrected chi connectivity index (χ2v) is 4.42. The summed E-state index contributed by atoms with van der Waals surface area (Å²) in [4.78, 5) is 11.6. The average molecular weight is 270 g/mol. The van der Waals surface area contributed by atoms with Gasteiger partial charge in [-0.15, -0.1) is 0 Å². The largest absolute Gasteiger partial charge is 0.399 e. The van der Waals surface area contributed by atoms with Crippen LogP contribution in [0.2, 0.25) is 0 Å². The van der Waals surface area contributed by atoms with Gasteiger partial charge >= 0.3 is 0 Å². The van der Waals surface area contributed by atoms with E-state index in [1.54, 1.807) is 0 Å². The summed E-state index contributed by atoms with van der Waals surface area (Å²) in [6.07, 6.45) is 0.700. The molecule has 1 amide bonds. The summed E-state index contributed by atoms with van der Waals surface area (Å²) in [5.41, 5.74) is 8.39. The van der Waals surface area contributed by atoms with Gasteiger partial charge in [-0.25, -0.2) is 0 Å². The summed E-state index contributed by atoms with van der Waals surface area (Å²) in [5, 5.41) is 2.76. The van der Waals surface area contributed by atoms with E-state index in [1.807, 2.05) is 54.6 Å². The van der Waals surface area contributed by atoms with Crippen molar-refractivity contribution in [1.29, 1.82) is 0 Å². The Balaban J connectivity index is 1.69. The van der Waals surface area contributed by atoms with Crippen molar-refractivity contribution in [2.24, 2.45) is 0 Å². The van der Waals surface area contributed by atoms with Gasteiger partial charge in [0.15, 0.2) is 0 Å². The van der Waals surface area contributed by atoms with Crippen LogP contribution in [0.5, 0.6) is 0 Å². The number of hydrogen-bond acceptors (Lipinski definition) is 3. The zero-order chi connectivity index (χ0) is 14.2. The predicted molar refractivity (Wildman–Crippen MR) is 80.4 cm³/mol. The molecule has 0 heterocycles. The first kappa shape index (κ1) is 14.1. The molecular weight excluding hydrogens is 252 g/mol. The van der Waals surface area contributed by atoms with Gasteiger partial charge in [0.05, 0.1) is 6.61 Å². The lowest BCUT2D eigenvalue weighted by atomic mass is 10.1. The summed E-state index contributed by atoms with van der Waals surface area (Å²) in [6.45, 7) is 0.512. The summed E-state index contributed by atoms with van der Waals surface area (Å²) >= 11 is 0. The molecule has 2 aromatic carbocycles. The Morgan fingerprint density at radius 2 is 1.75 bits per heavy atom. The van der Waals surface area contributed by atoms with Crippen LogP contribution in [0.4, 0.5) is 11.4 Å². The molecule has 0 radical (unpaired) electrons. The average Bonchev–Trinajstić information content (AvgIpc) is 2.46. The van der Waals surface area contributed by atoms with E-state index in [1.165, 1.54) is 0 Å². The minimum Gasteiger partial charge on any atom is -0.399 e. The van der Waals surface area contributed by atoms with Gasteiger partial charge in [0, 0.05) is 11.4 Å². The summed E-state index contributed by atoms with van der Waals surface area (Å²) in [5.74, 6) is -0.155. The standard InChI is InChI=1S/C16H18N2O2/c17-15-9-5-4-6-13(15)10-11-20-12-16(19)18-14-7-2-1-3-8-14/h1-9H,10-12,17H2,(H,18,19). The normalized spacial score (nSPS) is 10.2. The highest BCUT2D eigenvalue weighted by Crippen LogP contribution is 2.11. The lowest BCUT2D eigenvalue weighted by Gasteiger charge is -2.07. The quantitative estimate of drug-likeness (QED) is 0.626. The number of ether oxygens (including phenoxy) is 1. The van der Waals surface area contributed by atoms with E-state index < -0.39 is 0 Å². The van der Waals surface area contributed by atoms with E-state index in [-0.39, 0.29) is 12.5 Å². The number of para-hydroxylation sites is 2. The van der Waals surface area contributed by atoms with Gasteiger partial charge in [-0.1, -0.05) is 36.4 Å². The molecule has 0 bridgehead atoms. The molecular formula is C16H18N2O2. The fraction of sp³-hybridized carbons (Fsp3) is 0.188. The Morgan fingerprint density at radius 3 is 2.50 bits per heavy atom. The summed E-state index contributed by atoms with van der Waals surface area (Å²) in [6, 6.07) is 17.0. The van der Waals surface area contributed by atoms with E-state index >= 15 is 0 Å². The molecule has 0 atom stereocenters. The molecule has 0 aliphatic carbocycles. The topological polar surface area (TPSA) is 64.3 Å². The Bertz CT molecular complexity index is 555. The molecule has 4 nitrogen and oxygen atoms in total. The molecule has 0 spiro atoms. The van der Waals surface area contributed by atoms with Crippen LogP contribution in [-0.2, 0) is 16.0 Å². The number of hydrogen-bond donors (Lipinski definition) is 2. The van der Waals surface area contributed by atoms with Gasteiger partial charge in [-0.2, -0.15) is 0 Å². The fourth-order valence-electron chi connectivity index (χ4n) is 1.83. The molecule has 0 aliphatic rings. The van der Waals surface area contributed by atoms with Crippen molar-refractivity contribution in [3.63, 3.8) is 0 Å². The first-order valence-corrected chi connectivity index (χ1v) is 6.52. The number of benzene rings is 2. The Labute approximate surface area is 118 Å². The minimum absolute atomic E-state index is 0.0433. The highest BCUT2D eigenvalue weighted by Gasteiger charge is 2.03. The number of anilines is 2. The lowest BCUT2D eigenvalue weighted by Crippen LogP contribution is -2.19. The number of nitrogens with one attached hydrogen (secondary N) is 1. The van der Waals surface area contributed by atoms with E-state index in [0.29, 0.717) is 13.0 Å². The Kier molecular flexibility index (Phi) is 5.15. The second kappa shape index (κ2) is 7.31. The number of nitrogens with two attached hydrogens (primary N) is 1. The van der Waals surface area contributed by atoms with Gasteiger partial charge in [-0.05, 0) is 30.2 Å². The molecule has 0 saturated carbocycles. The van der Waals surface area contributed by atoms with Crippen LogP contribution in [0.3, 0.4) is 0 Å². The van der Waals surface area contributed by atoms with E-state index in [9.17, 15) is 4.79 Å². The predicted octanol–water partition coefficient (Wildman–Crippen LogP) is 2.47. The smallest absolute Gasteiger partial charge is 0.250 e. The van der Waals surface area contributed by atoms with E-state index in [4.69, 9.17) is 10.5 Å². The van der Waals surface area contributed by atoms with E-state index in [0.717, 1.165) is 16.9 Å². The maximum Gasteiger partial charge on any atom is 0.250 e. The van der Waals surface area contributed by atoms with Crippen LogP contribution in [0.1, 0.15) is 5.56 Å². The van der Waals surface area contributed by atoms with Crippen molar-refractivity contribution in [2.45, 2.75) is 6.42 Å². The van der Waals surface area contributed by atoms with Crippen LogP contribution < -0.4 is 11.1 Å². The molecule has 0 saturated heterocycles. The van der Waals surface area contributed by atoms with Crippen molar-refractivity contribution in [2.75, 3.05) is 24.3 Å². The van der Waals surface area contributed by atoms with Crippen LogP contribution in [0.25, 0.3) is 0 Å². The maximum absolute atomic E-state index is 11.6. The van der Waals surface area contributed by atoms with Crippen molar-refractivity contribution in [1.82, 2.24) is 0 Å². The van der Waals surface area contributed by atoms with Crippen LogP contribution in [0, 0.1) is 0 Å². The molecule has 4 heteroatoms. The molecule has 104 valence electrons. The Hall–Kier alpha value is -2.33. The fourth-order valence-corrected chi connectivity index (χ4v) is 1.83. The minimum atomic E-state index is -0.155. The highest BCUT2D eigenvalue weighted by molar-refractivity contribution is 5.91. The molecule has 3 N–H and O–H groups in total. The lowest BCUT2D eigenvalue weighted by molar-refractivity contribution is -0.120. The first-order chi connectivity index (χ1) is 9.75. The van der Waals surface area contributed by atoms with Gasteiger partial charge in [0.1, 0.15) is 6.61 Å². The molecule has 20 heavy (non-hydrogen) atoms. The third-order valence-corrected chi connectivity index (χ3v) is 2.86. The van der Waals surface area contributed by atoms with Crippen molar-refractivity contribution in [3.05, 3.63) is 60.2 Å². The number of carbonyl (C=O) groups is 1. The molecule has 0 fully saturated rings. The number of nitrogen functional groups attached to an aromatic ring is 1. The van der Waals surface area contributed by atoms with Crippen LogP contribution in [-0.4, -0.2) is 19.1 Å². The van der Waals surface area contributed by atoms with Crippen molar-refractivity contribution in [3.8, 4) is 0 Å². The van der Waals surface area contributed by atoms with Gasteiger partial charge in [0.2, 0.25) is 5.91 Å². The third kappa shape index (κ3) is 4.40. The monoisotopic (exact) mass is 270 g/mol. The van der Waals surface area contributed by atoms with Crippen molar-refractivity contribution < 1.29 is 9.53 Å². The number of carbonyl (C=O) groups excluding carboxylic acids is 1. The summed E-state index contributed by atoms with van der Waals surface area (Å²) in [7, 11) is 0. The zero-order valence-corrected chi connectivity index (χ0v) is 11.2. The molecule has 0 aromatic heterocycles. The first-order valence-electron chi connectivity index (χ1n) is 6.52. The van der Waals surface area contributed by atoms with Gasteiger partial charge in [0.25, 0.3) is 0 Å². The molecule has 2 aromatic rings. The van der Waals surface area contributed by atoms with Crippen molar-refractivity contribution >= 4 is 17.3 Å². The molecule has 0 aliphatic heterocycles. The van der Waals surface area contributed by atoms with Crippen LogP contribution in [0.15, 0.2) is 54.6 Å². The maximum atomic E-state index is 11.6. The molecule has 2 rings (SSSR count). The SMILES string of the molecule is Nc1ccccc1CCOCC(=O)Nc1ccccc1. The van der Waals surface area contributed by atoms with E-state index in [2.05, 4.69) is 5.32 Å². The summed E-state index contributed by atoms with van der Waals surface area (Å²) < 4.78 is 5.36.